The summed E-state index contributed by atoms with van der Waals surface area (Å²) in [7, 11) is 1.92. The van der Waals surface area contributed by atoms with Gasteiger partial charge in [0.1, 0.15) is 12.4 Å². The lowest BCUT2D eigenvalue weighted by Crippen LogP contribution is -2.38. The Morgan fingerprint density at radius 3 is 2.91 bits per heavy atom. The van der Waals surface area contributed by atoms with Crippen LogP contribution in [0, 0.1) is 0 Å². The average molecular weight is 330 g/mol. The van der Waals surface area contributed by atoms with Gasteiger partial charge in [-0.1, -0.05) is 25.3 Å². The van der Waals surface area contributed by atoms with E-state index in [2.05, 4.69) is 4.98 Å². The molecule has 0 saturated heterocycles. The number of carbonyl (C=O) groups excluding carboxylic acids is 1. The van der Waals surface area contributed by atoms with E-state index in [0.717, 1.165) is 18.5 Å². The fraction of sp³-hybridized carbons (Fsp3) is 0.444. The molecule has 0 atom stereocenters. The molecule has 4 nitrogen and oxygen atoms in total. The number of nitrogens with zero attached hydrogens (tertiary/aromatic N) is 2. The zero-order chi connectivity index (χ0) is 16.1. The molecule has 1 amide bonds. The number of rotatable bonds is 5. The van der Waals surface area contributed by atoms with E-state index in [1.165, 1.54) is 19.3 Å². The van der Waals surface area contributed by atoms with E-state index in [-0.39, 0.29) is 5.91 Å². The third kappa shape index (κ3) is 4.10. The minimum Gasteiger partial charge on any atom is -0.487 e. The van der Waals surface area contributed by atoms with Gasteiger partial charge in [0.2, 0.25) is 0 Å². The molecule has 1 aromatic carbocycles. The highest BCUT2D eigenvalue weighted by Gasteiger charge is 2.23. The standard InChI is InChI=1S/C18H22N2O2S/c1-20(16-7-3-2-4-8-16)18(21)14-6-5-9-17(10-14)22-11-15-12-23-13-19-15/h5-6,9-10,12-13,16H,2-4,7-8,11H2,1H3. The maximum atomic E-state index is 12.7. The smallest absolute Gasteiger partial charge is 0.253 e. The molecule has 23 heavy (non-hydrogen) atoms. The van der Waals surface area contributed by atoms with Gasteiger partial charge in [-0.15, -0.1) is 11.3 Å². The summed E-state index contributed by atoms with van der Waals surface area (Å²) in [4.78, 5) is 18.8. The van der Waals surface area contributed by atoms with Crippen LogP contribution in [0.25, 0.3) is 0 Å². The Labute approximate surface area is 141 Å². The maximum absolute atomic E-state index is 12.7. The Morgan fingerprint density at radius 2 is 2.17 bits per heavy atom. The van der Waals surface area contributed by atoms with Gasteiger partial charge in [-0.2, -0.15) is 0 Å². The highest BCUT2D eigenvalue weighted by molar-refractivity contribution is 7.07. The second-order valence-electron chi connectivity index (χ2n) is 6.00. The third-order valence-corrected chi connectivity index (χ3v) is 5.03. The molecule has 1 heterocycles. The molecule has 0 unspecified atom stereocenters. The summed E-state index contributed by atoms with van der Waals surface area (Å²) >= 11 is 1.55. The van der Waals surface area contributed by atoms with E-state index in [1.807, 2.05) is 41.6 Å². The van der Waals surface area contributed by atoms with Crippen LogP contribution < -0.4 is 4.74 Å². The van der Waals surface area contributed by atoms with E-state index in [9.17, 15) is 4.79 Å². The Hall–Kier alpha value is -1.88. The number of benzene rings is 1. The van der Waals surface area contributed by atoms with Gasteiger partial charge in [-0.05, 0) is 31.0 Å². The lowest BCUT2D eigenvalue weighted by molar-refractivity contribution is 0.0695. The fourth-order valence-corrected chi connectivity index (χ4v) is 3.57. The number of hydrogen-bond donors (Lipinski definition) is 0. The maximum Gasteiger partial charge on any atom is 0.253 e. The summed E-state index contributed by atoms with van der Waals surface area (Å²) < 4.78 is 5.74. The van der Waals surface area contributed by atoms with E-state index in [4.69, 9.17) is 4.74 Å². The average Bonchev–Trinajstić information content (AvgIpc) is 3.13. The topological polar surface area (TPSA) is 42.4 Å². The van der Waals surface area contributed by atoms with Crippen LogP contribution >= 0.6 is 11.3 Å². The summed E-state index contributed by atoms with van der Waals surface area (Å²) in [6.45, 7) is 0.430. The molecule has 0 aliphatic heterocycles. The molecule has 0 N–H and O–H groups in total. The first kappa shape index (κ1) is 16.0. The van der Waals surface area contributed by atoms with E-state index in [1.54, 1.807) is 16.8 Å². The molecular weight excluding hydrogens is 308 g/mol. The molecule has 0 spiro atoms. The van der Waals surface area contributed by atoms with Crippen molar-refractivity contribution < 1.29 is 9.53 Å². The summed E-state index contributed by atoms with van der Waals surface area (Å²) in [6, 6.07) is 7.81. The quantitative estimate of drug-likeness (QED) is 0.828. The van der Waals surface area contributed by atoms with Crippen molar-refractivity contribution >= 4 is 17.2 Å². The van der Waals surface area contributed by atoms with Crippen LogP contribution in [0.1, 0.15) is 48.2 Å². The lowest BCUT2D eigenvalue weighted by atomic mass is 9.94. The van der Waals surface area contributed by atoms with Crippen LogP contribution in [-0.4, -0.2) is 28.9 Å². The van der Waals surface area contributed by atoms with E-state index in [0.29, 0.717) is 24.0 Å². The molecular formula is C18H22N2O2S. The van der Waals surface area contributed by atoms with Crippen molar-refractivity contribution in [3.63, 3.8) is 0 Å². The number of aromatic nitrogens is 1. The molecule has 1 fully saturated rings. The zero-order valence-electron chi connectivity index (χ0n) is 13.4. The van der Waals surface area contributed by atoms with E-state index < -0.39 is 0 Å². The van der Waals surface area contributed by atoms with Crippen LogP contribution in [0.3, 0.4) is 0 Å². The summed E-state index contributed by atoms with van der Waals surface area (Å²) in [5, 5.41) is 1.96. The van der Waals surface area contributed by atoms with Gasteiger partial charge in [0.25, 0.3) is 5.91 Å². The predicted octanol–water partition coefficient (Wildman–Crippen LogP) is 4.13. The highest BCUT2D eigenvalue weighted by Crippen LogP contribution is 2.24. The van der Waals surface area contributed by atoms with Crippen LogP contribution in [0.15, 0.2) is 35.2 Å². The van der Waals surface area contributed by atoms with Crippen LogP contribution in [0.5, 0.6) is 5.75 Å². The minimum absolute atomic E-state index is 0.0796. The molecule has 1 aromatic heterocycles. The number of thiazole rings is 1. The first-order chi connectivity index (χ1) is 11.2. The fourth-order valence-electron chi connectivity index (χ4n) is 3.02. The largest absolute Gasteiger partial charge is 0.487 e. The van der Waals surface area contributed by atoms with Crippen molar-refractivity contribution in [1.29, 1.82) is 0 Å². The van der Waals surface area contributed by atoms with Gasteiger partial charge in [0.05, 0.1) is 11.2 Å². The Kier molecular flexibility index (Phi) is 5.28. The van der Waals surface area contributed by atoms with Crippen molar-refractivity contribution in [3.8, 4) is 5.75 Å². The molecule has 0 bridgehead atoms. The number of amides is 1. The normalized spacial score (nSPS) is 15.3. The molecule has 0 radical (unpaired) electrons. The molecule has 1 saturated carbocycles. The van der Waals surface area contributed by atoms with Crippen molar-refractivity contribution in [1.82, 2.24) is 9.88 Å². The Balaban J connectivity index is 1.64. The molecule has 3 rings (SSSR count). The van der Waals surface area contributed by atoms with Crippen molar-refractivity contribution in [2.45, 2.75) is 44.8 Å². The second kappa shape index (κ2) is 7.59. The van der Waals surface area contributed by atoms with Gasteiger partial charge in [-0.3, -0.25) is 4.79 Å². The van der Waals surface area contributed by atoms with Gasteiger partial charge < -0.3 is 9.64 Å². The zero-order valence-corrected chi connectivity index (χ0v) is 14.2. The third-order valence-electron chi connectivity index (χ3n) is 4.39. The lowest BCUT2D eigenvalue weighted by Gasteiger charge is -2.31. The molecule has 2 aromatic rings. The predicted molar refractivity (Wildman–Crippen MR) is 91.9 cm³/mol. The van der Waals surface area contributed by atoms with Crippen LogP contribution in [0.4, 0.5) is 0 Å². The molecule has 1 aliphatic carbocycles. The SMILES string of the molecule is CN(C(=O)c1cccc(OCc2cscn2)c1)C1CCCCC1. The van der Waals surface area contributed by atoms with Gasteiger partial charge in [0, 0.05) is 24.0 Å². The monoisotopic (exact) mass is 330 g/mol. The van der Waals surface area contributed by atoms with Gasteiger partial charge >= 0.3 is 0 Å². The van der Waals surface area contributed by atoms with Crippen LogP contribution in [-0.2, 0) is 6.61 Å². The number of ether oxygens (including phenoxy) is 1. The molecule has 122 valence electrons. The Morgan fingerprint density at radius 1 is 1.35 bits per heavy atom. The van der Waals surface area contributed by atoms with Crippen molar-refractivity contribution in [2.75, 3.05) is 7.05 Å². The van der Waals surface area contributed by atoms with Gasteiger partial charge in [0.15, 0.2) is 0 Å². The highest BCUT2D eigenvalue weighted by atomic mass is 32.1. The first-order valence-corrected chi connectivity index (χ1v) is 9.05. The van der Waals surface area contributed by atoms with Crippen molar-refractivity contribution in [3.05, 3.63) is 46.4 Å². The summed E-state index contributed by atoms with van der Waals surface area (Å²) in [6.07, 6.45) is 5.96. The summed E-state index contributed by atoms with van der Waals surface area (Å²) in [5.74, 6) is 0.789. The second-order valence-corrected chi connectivity index (χ2v) is 6.72. The minimum atomic E-state index is 0.0796. The van der Waals surface area contributed by atoms with Crippen LogP contribution in [0.2, 0.25) is 0 Å². The van der Waals surface area contributed by atoms with Crippen molar-refractivity contribution in [2.24, 2.45) is 0 Å². The Bertz CT molecular complexity index is 636. The first-order valence-electron chi connectivity index (χ1n) is 8.11. The molecule has 5 heteroatoms. The van der Waals surface area contributed by atoms with E-state index >= 15 is 0 Å². The molecule has 1 aliphatic rings. The summed E-state index contributed by atoms with van der Waals surface area (Å²) in [5.41, 5.74) is 3.39. The van der Waals surface area contributed by atoms with Gasteiger partial charge in [-0.25, -0.2) is 4.98 Å². The number of carbonyl (C=O) groups is 1. The number of hydrogen-bond acceptors (Lipinski definition) is 4.